The summed E-state index contributed by atoms with van der Waals surface area (Å²) in [7, 11) is 0. The molecule has 0 radical (unpaired) electrons. The minimum Gasteiger partial charge on any atom is -0.487 e. The van der Waals surface area contributed by atoms with E-state index in [9.17, 15) is 4.79 Å². The van der Waals surface area contributed by atoms with Gasteiger partial charge in [0.25, 0.3) is 5.91 Å². The predicted molar refractivity (Wildman–Crippen MR) is 100 cm³/mol. The molecule has 3 aromatic rings. The lowest BCUT2D eigenvalue weighted by molar-refractivity contribution is 0.0772. The van der Waals surface area contributed by atoms with Crippen LogP contribution in [-0.4, -0.2) is 44.8 Å². The lowest BCUT2D eigenvalue weighted by Crippen LogP contribution is -2.31. The molecule has 0 spiro atoms. The molecule has 0 aliphatic carbocycles. The Balaban J connectivity index is 1.45. The smallest absolute Gasteiger partial charge is 0.254 e. The van der Waals surface area contributed by atoms with Gasteiger partial charge in [-0.1, -0.05) is 6.07 Å². The Kier molecular flexibility index (Phi) is 4.71. The van der Waals surface area contributed by atoms with E-state index in [1.165, 1.54) is 0 Å². The van der Waals surface area contributed by atoms with Gasteiger partial charge >= 0.3 is 0 Å². The second kappa shape index (κ2) is 7.29. The molecule has 1 aliphatic rings. The number of hydrogen-bond donors (Lipinski definition) is 0. The lowest BCUT2D eigenvalue weighted by atomic mass is 10.2. The zero-order valence-electron chi connectivity index (χ0n) is 14.0. The third-order valence-electron chi connectivity index (χ3n) is 4.32. The average Bonchev–Trinajstić information content (AvgIpc) is 3.35. The SMILES string of the molecule is O=C(c1cccc(-n2cccn2)c1)N1CCC(Oc2ccncc2Br)C1. The van der Waals surface area contributed by atoms with E-state index >= 15 is 0 Å². The number of hydrogen-bond acceptors (Lipinski definition) is 4. The van der Waals surface area contributed by atoms with E-state index < -0.39 is 0 Å². The van der Waals surface area contributed by atoms with E-state index in [0.29, 0.717) is 18.7 Å². The van der Waals surface area contributed by atoms with Crippen LogP contribution in [0.2, 0.25) is 0 Å². The number of aromatic nitrogens is 3. The van der Waals surface area contributed by atoms with Gasteiger partial charge in [0.1, 0.15) is 11.9 Å². The van der Waals surface area contributed by atoms with Gasteiger partial charge in [0.2, 0.25) is 0 Å². The molecule has 1 unspecified atom stereocenters. The highest BCUT2D eigenvalue weighted by Crippen LogP contribution is 2.26. The number of amides is 1. The number of pyridine rings is 1. The Morgan fingerprint density at radius 3 is 2.96 bits per heavy atom. The molecule has 1 aliphatic heterocycles. The van der Waals surface area contributed by atoms with Crippen molar-refractivity contribution >= 4 is 21.8 Å². The number of carbonyl (C=O) groups is 1. The van der Waals surface area contributed by atoms with Crippen molar-refractivity contribution in [2.75, 3.05) is 13.1 Å². The first-order valence-electron chi connectivity index (χ1n) is 8.36. The average molecular weight is 413 g/mol. The zero-order chi connectivity index (χ0) is 17.9. The van der Waals surface area contributed by atoms with Crippen molar-refractivity contribution in [3.05, 3.63) is 71.2 Å². The summed E-state index contributed by atoms with van der Waals surface area (Å²) in [6.07, 6.45) is 7.75. The highest BCUT2D eigenvalue weighted by Gasteiger charge is 2.28. The van der Waals surface area contributed by atoms with Crippen LogP contribution in [0, 0.1) is 0 Å². The summed E-state index contributed by atoms with van der Waals surface area (Å²) in [6, 6.07) is 11.2. The van der Waals surface area contributed by atoms with Crippen molar-refractivity contribution in [2.24, 2.45) is 0 Å². The van der Waals surface area contributed by atoms with Gasteiger partial charge in [-0.3, -0.25) is 9.78 Å². The van der Waals surface area contributed by atoms with Gasteiger partial charge in [-0.15, -0.1) is 0 Å². The minimum absolute atomic E-state index is 0.0129. The molecule has 1 fully saturated rings. The van der Waals surface area contributed by atoms with Gasteiger partial charge < -0.3 is 9.64 Å². The normalized spacial score (nSPS) is 16.7. The van der Waals surface area contributed by atoms with Crippen molar-refractivity contribution in [1.82, 2.24) is 19.7 Å². The monoisotopic (exact) mass is 412 g/mol. The van der Waals surface area contributed by atoms with Crippen LogP contribution in [0.15, 0.2) is 65.7 Å². The summed E-state index contributed by atoms with van der Waals surface area (Å²) in [5.74, 6) is 0.763. The van der Waals surface area contributed by atoms with Crippen LogP contribution in [0.3, 0.4) is 0 Å². The zero-order valence-corrected chi connectivity index (χ0v) is 15.5. The van der Waals surface area contributed by atoms with Crippen molar-refractivity contribution in [2.45, 2.75) is 12.5 Å². The summed E-state index contributed by atoms with van der Waals surface area (Å²) in [5.41, 5.74) is 1.53. The fourth-order valence-corrected chi connectivity index (χ4v) is 3.38. The number of likely N-dealkylation sites (tertiary alicyclic amines) is 1. The first kappa shape index (κ1) is 16.8. The fourth-order valence-electron chi connectivity index (χ4n) is 3.03. The molecule has 0 saturated carbocycles. The van der Waals surface area contributed by atoms with Gasteiger partial charge in [0.15, 0.2) is 0 Å². The number of ether oxygens (including phenoxy) is 1. The molecular weight excluding hydrogens is 396 g/mol. The summed E-state index contributed by atoms with van der Waals surface area (Å²) >= 11 is 3.43. The number of nitrogens with zero attached hydrogens (tertiary/aromatic N) is 4. The maximum Gasteiger partial charge on any atom is 0.254 e. The Labute approximate surface area is 159 Å². The quantitative estimate of drug-likeness (QED) is 0.659. The van der Waals surface area contributed by atoms with Crippen LogP contribution in [-0.2, 0) is 0 Å². The Hall–Kier alpha value is -2.67. The van der Waals surface area contributed by atoms with Crippen LogP contribution in [0.25, 0.3) is 5.69 Å². The van der Waals surface area contributed by atoms with E-state index in [2.05, 4.69) is 26.0 Å². The summed E-state index contributed by atoms with van der Waals surface area (Å²) in [4.78, 5) is 18.7. The Morgan fingerprint density at radius 2 is 2.15 bits per heavy atom. The number of benzene rings is 1. The maximum atomic E-state index is 12.9. The maximum absolute atomic E-state index is 12.9. The third kappa shape index (κ3) is 3.48. The molecular formula is C19H17BrN4O2. The first-order chi connectivity index (χ1) is 12.7. The van der Waals surface area contributed by atoms with E-state index in [-0.39, 0.29) is 12.0 Å². The Bertz CT molecular complexity index is 913. The Morgan fingerprint density at radius 1 is 1.23 bits per heavy atom. The summed E-state index contributed by atoms with van der Waals surface area (Å²) in [6.45, 7) is 1.25. The molecule has 132 valence electrons. The first-order valence-corrected chi connectivity index (χ1v) is 9.15. The molecule has 26 heavy (non-hydrogen) atoms. The summed E-state index contributed by atoms with van der Waals surface area (Å²) < 4.78 is 8.57. The van der Waals surface area contributed by atoms with Crippen LogP contribution in [0.4, 0.5) is 0 Å². The molecule has 1 saturated heterocycles. The van der Waals surface area contributed by atoms with Crippen molar-refractivity contribution in [3.8, 4) is 11.4 Å². The molecule has 7 heteroatoms. The van der Waals surface area contributed by atoms with E-state index in [1.807, 2.05) is 47.5 Å². The van der Waals surface area contributed by atoms with E-state index in [1.54, 1.807) is 23.3 Å². The molecule has 3 heterocycles. The van der Waals surface area contributed by atoms with Crippen molar-refractivity contribution in [3.63, 3.8) is 0 Å². The second-order valence-corrected chi connectivity index (χ2v) is 6.94. The molecule has 4 rings (SSSR count). The number of halogens is 1. The molecule has 2 aromatic heterocycles. The summed E-state index contributed by atoms with van der Waals surface area (Å²) in [5, 5.41) is 4.21. The van der Waals surface area contributed by atoms with Gasteiger partial charge in [0.05, 0.1) is 16.7 Å². The molecule has 1 amide bonds. The molecule has 0 N–H and O–H groups in total. The molecule has 0 bridgehead atoms. The second-order valence-electron chi connectivity index (χ2n) is 6.09. The van der Waals surface area contributed by atoms with Gasteiger partial charge in [-0.25, -0.2) is 4.68 Å². The highest BCUT2D eigenvalue weighted by molar-refractivity contribution is 9.10. The standard InChI is InChI=1S/C19H17BrN4O2/c20-17-12-21-8-5-18(17)26-16-6-10-23(13-16)19(25)14-3-1-4-15(11-14)24-9-2-7-22-24/h1-5,7-9,11-12,16H,6,10,13H2. The molecule has 1 atom stereocenters. The molecule has 6 nitrogen and oxygen atoms in total. The number of carbonyl (C=O) groups excluding carboxylic acids is 1. The fraction of sp³-hybridized carbons (Fsp3) is 0.211. The van der Waals surface area contributed by atoms with Crippen LogP contribution < -0.4 is 4.74 Å². The van der Waals surface area contributed by atoms with Crippen LogP contribution in [0.1, 0.15) is 16.8 Å². The molecule has 1 aromatic carbocycles. The predicted octanol–water partition coefficient (Wildman–Crippen LogP) is 3.32. The van der Waals surface area contributed by atoms with Crippen LogP contribution >= 0.6 is 15.9 Å². The highest BCUT2D eigenvalue weighted by atomic mass is 79.9. The van der Waals surface area contributed by atoms with E-state index in [4.69, 9.17) is 4.74 Å². The number of rotatable bonds is 4. The van der Waals surface area contributed by atoms with Gasteiger partial charge in [-0.05, 0) is 46.3 Å². The van der Waals surface area contributed by atoms with Crippen molar-refractivity contribution in [1.29, 1.82) is 0 Å². The van der Waals surface area contributed by atoms with Crippen molar-refractivity contribution < 1.29 is 9.53 Å². The van der Waals surface area contributed by atoms with E-state index in [0.717, 1.165) is 22.3 Å². The third-order valence-corrected chi connectivity index (χ3v) is 4.92. The van der Waals surface area contributed by atoms with Gasteiger partial charge in [0, 0.05) is 43.3 Å². The minimum atomic E-state index is -0.0213. The van der Waals surface area contributed by atoms with Crippen LogP contribution in [0.5, 0.6) is 5.75 Å². The topological polar surface area (TPSA) is 60.2 Å². The lowest BCUT2D eigenvalue weighted by Gasteiger charge is -2.18. The largest absolute Gasteiger partial charge is 0.487 e. The van der Waals surface area contributed by atoms with Gasteiger partial charge in [-0.2, -0.15) is 5.10 Å².